The van der Waals surface area contributed by atoms with Gasteiger partial charge in [0.2, 0.25) is 0 Å². The molecule has 3 aromatic rings. The van der Waals surface area contributed by atoms with Gasteiger partial charge in [-0.1, -0.05) is 23.7 Å². The summed E-state index contributed by atoms with van der Waals surface area (Å²) in [5.74, 6) is -0.301. The van der Waals surface area contributed by atoms with E-state index >= 15 is 0 Å². The minimum absolute atomic E-state index is 0.210. The first kappa shape index (κ1) is 23.1. The predicted octanol–water partition coefficient (Wildman–Crippen LogP) is 5.49. The Bertz CT molecular complexity index is 1000. The molecular formula is C22H21ClF3N3O2S. The molecule has 2 aromatic heterocycles. The molecule has 5 nitrogen and oxygen atoms in total. The van der Waals surface area contributed by atoms with Crippen LogP contribution in [0.15, 0.2) is 66.3 Å². The summed E-state index contributed by atoms with van der Waals surface area (Å²) in [6.45, 7) is 0.878. The number of hydrogen-bond acceptors (Lipinski definition) is 5. The van der Waals surface area contributed by atoms with E-state index in [1.165, 1.54) is 17.8 Å². The van der Waals surface area contributed by atoms with E-state index in [2.05, 4.69) is 9.97 Å². The summed E-state index contributed by atoms with van der Waals surface area (Å²) >= 11 is 7.32. The molecule has 170 valence electrons. The van der Waals surface area contributed by atoms with Gasteiger partial charge in [0.25, 0.3) is 0 Å². The highest BCUT2D eigenvalue weighted by Crippen LogP contribution is 2.34. The molecule has 10 heteroatoms. The highest BCUT2D eigenvalue weighted by molar-refractivity contribution is 7.99. The fourth-order valence-corrected chi connectivity index (χ4v) is 4.39. The summed E-state index contributed by atoms with van der Waals surface area (Å²) < 4.78 is 52.5. The van der Waals surface area contributed by atoms with Crippen LogP contribution in [0.25, 0.3) is 0 Å². The second kappa shape index (κ2) is 9.82. The second-order valence-corrected chi connectivity index (χ2v) is 8.99. The van der Waals surface area contributed by atoms with Gasteiger partial charge >= 0.3 is 6.18 Å². The Balaban J connectivity index is 1.38. The second-order valence-electron chi connectivity index (χ2n) is 7.52. The van der Waals surface area contributed by atoms with Crippen LogP contribution >= 0.6 is 23.4 Å². The van der Waals surface area contributed by atoms with Crippen LogP contribution in [0.4, 0.5) is 13.2 Å². The Labute approximate surface area is 192 Å². The molecule has 2 atom stereocenters. The maximum Gasteiger partial charge on any atom is 0.417 e. The molecule has 0 amide bonds. The molecule has 0 N–H and O–H groups in total. The summed E-state index contributed by atoms with van der Waals surface area (Å²) in [5.41, 5.74) is 0.363. The summed E-state index contributed by atoms with van der Waals surface area (Å²) in [7, 11) is 0. The van der Waals surface area contributed by atoms with Crippen molar-refractivity contribution < 1.29 is 22.6 Å². The number of pyridine rings is 1. The number of hydrogen-bond donors (Lipinski definition) is 0. The molecule has 1 aliphatic rings. The van der Waals surface area contributed by atoms with Gasteiger partial charge in [-0.15, -0.1) is 11.8 Å². The molecule has 0 radical (unpaired) electrons. The number of imidazole rings is 1. The fourth-order valence-electron chi connectivity index (χ4n) is 3.45. The van der Waals surface area contributed by atoms with Gasteiger partial charge in [-0.2, -0.15) is 13.2 Å². The van der Waals surface area contributed by atoms with Gasteiger partial charge < -0.3 is 14.0 Å². The van der Waals surface area contributed by atoms with E-state index in [4.69, 9.17) is 21.1 Å². The van der Waals surface area contributed by atoms with Crippen molar-refractivity contribution in [3.63, 3.8) is 0 Å². The minimum Gasteiger partial charge on any atom is -0.345 e. The molecule has 0 bridgehead atoms. The van der Waals surface area contributed by atoms with Crippen molar-refractivity contribution in [2.24, 2.45) is 0 Å². The van der Waals surface area contributed by atoms with Gasteiger partial charge in [-0.3, -0.25) is 0 Å². The molecule has 1 fully saturated rings. The monoisotopic (exact) mass is 483 g/mol. The molecule has 1 aliphatic heterocycles. The molecule has 1 aromatic carbocycles. The molecule has 0 aliphatic carbocycles. The van der Waals surface area contributed by atoms with Crippen LogP contribution in [0.2, 0.25) is 5.02 Å². The lowest BCUT2D eigenvalue weighted by Gasteiger charge is -2.28. The Kier molecular flexibility index (Phi) is 7.09. The smallest absolute Gasteiger partial charge is 0.345 e. The highest BCUT2D eigenvalue weighted by Gasteiger charge is 2.41. The number of benzene rings is 1. The van der Waals surface area contributed by atoms with Crippen LogP contribution in [0.5, 0.6) is 0 Å². The molecule has 3 heterocycles. The zero-order valence-corrected chi connectivity index (χ0v) is 18.5. The first-order chi connectivity index (χ1) is 15.3. The number of thioether (sulfide) groups is 1. The number of aromatic nitrogens is 3. The van der Waals surface area contributed by atoms with Crippen molar-refractivity contribution in [1.29, 1.82) is 0 Å². The lowest BCUT2D eigenvalue weighted by atomic mass is 10.0. The lowest BCUT2D eigenvalue weighted by Crippen LogP contribution is -2.37. The Hall–Kier alpha value is -2.07. The number of ether oxygens (including phenoxy) is 2. The molecule has 0 saturated carbocycles. The van der Waals surface area contributed by atoms with E-state index < -0.39 is 17.5 Å². The molecule has 0 unspecified atom stereocenters. The Morgan fingerprint density at radius 3 is 2.66 bits per heavy atom. The standard InChI is InChI=1S/C22H21ClF3N3O2S/c23-18-4-1-16(2-5-18)7-8-21(14-29-10-9-27-15-29)30-12-19(31-21)13-32-20-6-3-17(11-28-20)22(24,25)26/h1-6,9-11,15,19H,7-8,12-14H2/t19-,21-/m0/s1. The van der Waals surface area contributed by atoms with Gasteiger partial charge in [0.15, 0.2) is 5.79 Å². The summed E-state index contributed by atoms with van der Waals surface area (Å²) in [5, 5.41) is 1.19. The van der Waals surface area contributed by atoms with E-state index in [-0.39, 0.29) is 6.10 Å². The van der Waals surface area contributed by atoms with Gasteiger partial charge in [0.05, 0.1) is 36.2 Å². The summed E-state index contributed by atoms with van der Waals surface area (Å²) in [6.07, 6.45) is 2.89. The quantitative estimate of drug-likeness (QED) is 0.397. The Morgan fingerprint density at radius 2 is 2.00 bits per heavy atom. The van der Waals surface area contributed by atoms with Crippen LogP contribution in [-0.4, -0.2) is 38.8 Å². The lowest BCUT2D eigenvalue weighted by molar-refractivity contribution is -0.180. The highest BCUT2D eigenvalue weighted by atomic mass is 35.5. The SMILES string of the molecule is FC(F)(F)c1ccc(SC[C@@H]2CO[C@](CCc3ccc(Cl)cc3)(Cn3ccnc3)O2)nc1. The number of nitrogens with zero attached hydrogens (tertiary/aromatic N) is 3. The summed E-state index contributed by atoms with van der Waals surface area (Å²) in [6, 6.07) is 10.1. The van der Waals surface area contributed by atoms with Gasteiger partial charge in [-0.05, 0) is 36.2 Å². The third-order valence-corrected chi connectivity index (χ3v) is 6.41. The average molecular weight is 484 g/mol. The maximum absolute atomic E-state index is 12.7. The van der Waals surface area contributed by atoms with Gasteiger partial charge in [0, 0.05) is 35.8 Å². The third kappa shape index (κ3) is 6.04. The zero-order chi connectivity index (χ0) is 22.6. The number of halogens is 4. The molecule has 32 heavy (non-hydrogen) atoms. The number of aryl methyl sites for hydroxylation is 1. The van der Waals surface area contributed by atoms with Crippen molar-refractivity contribution in [1.82, 2.24) is 14.5 Å². The van der Waals surface area contributed by atoms with Crippen LogP contribution in [-0.2, 0) is 28.6 Å². The zero-order valence-electron chi connectivity index (χ0n) is 17.0. The largest absolute Gasteiger partial charge is 0.417 e. The van der Waals surface area contributed by atoms with Crippen LogP contribution in [0, 0.1) is 0 Å². The maximum atomic E-state index is 12.7. The normalized spacial score (nSPS) is 21.2. The van der Waals surface area contributed by atoms with E-state index in [9.17, 15) is 13.2 Å². The summed E-state index contributed by atoms with van der Waals surface area (Å²) in [4.78, 5) is 8.00. The van der Waals surface area contributed by atoms with Crippen LogP contribution in [0.1, 0.15) is 17.5 Å². The van der Waals surface area contributed by atoms with Crippen LogP contribution < -0.4 is 0 Å². The van der Waals surface area contributed by atoms with Crippen molar-refractivity contribution in [2.45, 2.75) is 42.5 Å². The van der Waals surface area contributed by atoms with Crippen molar-refractivity contribution in [3.8, 4) is 0 Å². The van der Waals surface area contributed by atoms with E-state index in [0.717, 1.165) is 24.2 Å². The van der Waals surface area contributed by atoms with Gasteiger partial charge in [-0.25, -0.2) is 9.97 Å². The van der Waals surface area contributed by atoms with E-state index in [0.29, 0.717) is 35.4 Å². The first-order valence-corrected chi connectivity index (χ1v) is 11.4. The predicted molar refractivity (Wildman–Crippen MR) is 116 cm³/mol. The molecule has 1 saturated heterocycles. The van der Waals surface area contributed by atoms with Crippen molar-refractivity contribution >= 4 is 23.4 Å². The van der Waals surface area contributed by atoms with Gasteiger partial charge in [0.1, 0.15) is 0 Å². The topological polar surface area (TPSA) is 49.2 Å². The van der Waals surface area contributed by atoms with Crippen LogP contribution in [0.3, 0.4) is 0 Å². The number of alkyl halides is 3. The number of rotatable bonds is 8. The fraction of sp³-hybridized carbons (Fsp3) is 0.364. The molecular weight excluding hydrogens is 463 g/mol. The first-order valence-electron chi connectivity index (χ1n) is 9.99. The van der Waals surface area contributed by atoms with Crippen molar-refractivity contribution in [2.75, 3.05) is 12.4 Å². The van der Waals surface area contributed by atoms with E-state index in [1.54, 1.807) is 12.5 Å². The third-order valence-electron chi connectivity index (χ3n) is 5.09. The molecule has 0 spiro atoms. The van der Waals surface area contributed by atoms with Crippen molar-refractivity contribution in [3.05, 3.63) is 77.5 Å². The average Bonchev–Trinajstić information content (AvgIpc) is 3.42. The molecule has 4 rings (SSSR count). The Morgan fingerprint density at radius 1 is 1.19 bits per heavy atom. The minimum atomic E-state index is -4.39. The van der Waals surface area contributed by atoms with E-state index in [1.807, 2.05) is 35.0 Å².